The van der Waals surface area contributed by atoms with Crippen molar-refractivity contribution in [2.75, 3.05) is 6.54 Å². The number of hydrogen-bond acceptors (Lipinski definition) is 1. The molecular weight excluding hydrogens is 182 g/mol. The molecule has 1 nitrogen and oxygen atoms in total. The van der Waals surface area contributed by atoms with Gasteiger partial charge in [0.25, 0.3) is 0 Å². The first kappa shape index (κ1) is 10.4. The van der Waals surface area contributed by atoms with Crippen molar-refractivity contribution in [1.29, 1.82) is 0 Å². The molecule has 1 aliphatic rings. The lowest BCUT2D eigenvalue weighted by Gasteiger charge is -2.09. The van der Waals surface area contributed by atoms with Crippen LogP contribution in [0.5, 0.6) is 0 Å². The highest BCUT2D eigenvalue weighted by atomic mass is 14.5. The Morgan fingerprint density at radius 2 is 2.07 bits per heavy atom. The summed E-state index contributed by atoms with van der Waals surface area (Å²) in [5, 5.41) is 0. The number of benzene rings is 1. The zero-order chi connectivity index (χ0) is 10.5. The van der Waals surface area contributed by atoms with Crippen molar-refractivity contribution in [3.05, 3.63) is 41.5 Å². The predicted octanol–water partition coefficient (Wildman–Crippen LogP) is 3.15. The average molecular weight is 201 g/mol. The minimum atomic E-state index is 0.785. The van der Waals surface area contributed by atoms with E-state index in [0.29, 0.717) is 0 Å². The Kier molecular flexibility index (Phi) is 3.57. The second kappa shape index (κ2) is 5.13. The first-order valence-electron chi connectivity index (χ1n) is 5.89. The summed E-state index contributed by atoms with van der Waals surface area (Å²) in [5.41, 5.74) is 10.0. The van der Waals surface area contributed by atoms with Crippen LogP contribution in [0.15, 0.2) is 30.3 Å². The number of hydrogen-bond donors (Lipinski definition) is 1. The quantitative estimate of drug-likeness (QED) is 0.795. The molecule has 1 aromatic rings. The molecule has 2 rings (SSSR count). The molecule has 1 heteroatoms. The molecule has 0 radical (unpaired) electrons. The van der Waals surface area contributed by atoms with Crippen LogP contribution < -0.4 is 5.73 Å². The summed E-state index contributed by atoms with van der Waals surface area (Å²) in [4.78, 5) is 0. The van der Waals surface area contributed by atoms with E-state index in [1.54, 1.807) is 5.57 Å². The van der Waals surface area contributed by atoms with Crippen LogP contribution in [0.1, 0.15) is 36.8 Å². The van der Waals surface area contributed by atoms with Gasteiger partial charge in [-0.25, -0.2) is 0 Å². The first-order valence-corrected chi connectivity index (χ1v) is 5.89. The summed E-state index contributed by atoms with van der Waals surface area (Å²) in [6, 6.07) is 8.76. The lowest BCUT2D eigenvalue weighted by molar-refractivity contribution is 0.830. The molecule has 1 aliphatic carbocycles. The van der Waals surface area contributed by atoms with E-state index in [2.05, 4.69) is 30.3 Å². The summed E-state index contributed by atoms with van der Waals surface area (Å²) in [5.74, 6) is 0. The summed E-state index contributed by atoms with van der Waals surface area (Å²) >= 11 is 0. The van der Waals surface area contributed by atoms with E-state index in [-0.39, 0.29) is 0 Å². The maximum atomic E-state index is 5.57. The second-order valence-corrected chi connectivity index (χ2v) is 4.17. The van der Waals surface area contributed by atoms with E-state index in [1.165, 1.54) is 30.4 Å². The van der Waals surface area contributed by atoms with Crippen LogP contribution in [0.25, 0.3) is 5.57 Å². The van der Waals surface area contributed by atoms with Crippen molar-refractivity contribution in [3.63, 3.8) is 0 Å². The lowest BCUT2D eigenvalue weighted by Crippen LogP contribution is -2.01. The molecule has 0 aliphatic heterocycles. The highest BCUT2D eigenvalue weighted by Gasteiger charge is 2.10. The molecule has 0 fully saturated rings. The number of aryl methyl sites for hydroxylation is 1. The molecule has 1 aromatic carbocycles. The minimum Gasteiger partial charge on any atom is -0.330 e. The molecule has 80 valence electrons. The van der Waals surface area contributed by atoms with Crippen LogP contribution in [-0.4, -0.2) is 6.54 Å². The molecule has 0 heterocycles. The third kappa shape index (κ3) is 2.48. The molecule has 0 saturated carbocycles. The number of rotatable bonds is 4. The van der Waals surface area contributed by atoms with Gasteiger partial charge in [-0.1, -0.05) is 30.3 Å². The monoisotopic (exact) mass is 201 g/mol. The predicted molar refractivity (Wildman–Crippen MR) is 65.6 cm³/mol. The molecule has 0 bridgehead atoms. The second-order valence-electron chi connectivity index (χ2n) is 4.17. The van der Waals surface area contributed by atoms with Crippen LogP contribution in [0.4, 0.5) is 0 Å². The Balaban J connectivity index is 2.21. The van der Waals surface area contributed by atoms with E-state index in [4.69, 9.17) is 5.73 Å². The molecule has 0 atom stereocenters. The van der Waals surface area contributed by atoms with Crippen molar-refractivity contribution < 1.29 is 0 Å². The first-order chi connectivity index (χ1) is 7.42. The smallest absolute Gasteiger partial charge is 0.00741 e. The van der Waals surface area contributed by atoms with Crippen molar-refractivity contribution in [2.45, 2.75) is 32.1 Å². The summed E-state index contributed by atoms with van der Waals surface area (Å²) in [7, 11) is 0. The van der Waals surface area contributed by atoms with E-state index in [1.807, 2.05) is 0 Å². The third-order valence-electron chi connectivity index (χ3n) is 3.05. The fraction of sp³-hybridized carbons (Fsp3) is 0.429. The minimum absolute atomic E-state index is 0.785. The van der Waals surface area contributed by atoms with Crippen molar-refractivity contribution in [3.8, 4) is 0 Å². The highest BCUT2D eigenvalue weighted by molar-refractivity contribution is 5.69. The van der Waals surface area contributed by atoms with Gasteiger partial charge in [0.05, 0.1) is 0 Å². The molecular formula is C14H19N. The number of allylic oxidation sites excluding steroid dienone is 2. The van der Waals surface area contributed by atoms with Gasteiger partial charge in [-0.2, -0.15) is 0 Å². The van der Waals surface area contributed by atoms with Crippen LogP contribution in [-0.2, 0) is 6.42 Å². The van der Waals surface area contributed by atoms with Gasteiger partial charge in [0, 0.05) is 0 Å². The zero-order valence-corrected chi connectivity index (χ0v) is 9.21. The van der Waals surface area contributed by atoms with Gasteiger partial charge in [0.1, 0.15) is 0 Å². The molecule has 15 heavy (non-hydrogen) atoms. The number of nitrogens with two attached hydrogens (primary N) is 1. The van der Waals surface area contributed by atoms with Crippen LogP contribution in [0.2, 0.25) is 0 Å². The van der Waals surface area contributed by atoms with Gasteiger partial charge in [-0.15, -0.1) is 0 Å². The van der Waals surface area contributed by atoms with Crippen LogP contribution >= 0.6 is 0 Å². The molecule has 0 spiro atoms. The molecule has 0 unspecified atom stereocenters. The van der Waals surface area contributed by atoms with Gasteiger partial charge < -0.3 is 5.73 Å². The maximum absolute atomic E-state index is 5.57. The van der Waals surface area contributed by atoms with Crippen LogP contribution in [0, 0.1) is 0 Å². The van der Waals surface area contributed by atoms with E-state index in [0.717, 1.165) is 19.4 Å². The summed E-state index contributed by atoms with van der Waals surface area (Å²) < 4.78 is 0. The molecule has 0 aromatic heterocycles. The third-order valence-corrected chi connectivity index (χ3v) is 3.05. The van der Waals surface area contributed by atoms with Crippen molar-refractivity contribution in [1.82, 2.24) is 0 Å². The van der Waals surface area contributed by atoms with Gasteiger partial charge in [-0.3, -0.25) is 0 Å². The Hall–Kier alpha value is -1.08. The van der Waals surface area contributed by atoms with Gasteiger partial charge in [0.2, 0.25) is 0 Å². The largest absolute Gasteiger partial charge is 0.330 e. The van der Waals surface area contributed by atoms with Gasteiger partial charge in [0.15, 0.2) is 0 Å². The topological polar surface area (TPSA) is 26.0 Å². The highest BCUT2D eigenvalue weighted by Crippen LogP contribution is 2.30. The fourth-order valence-corrected chi connectivity index (χ4v) is 2.26. The molecule has 0 saturated heterocycles. The Morgan fingerprint density at radius 1 is 1.20 bits per heavy atom. The summed E-state index contributed by atoms with van der Waals surface area (Å²) in [6.07, 6.45) is 8.41. The lowest BCUT2D eigenvalue weighted by atomic mass is 9.96. The zero-order valence-electron chi connectivity index (χ0n) is 9.21. The molecule has 0 amide bonds. The van der Waals surface area contributed by atoms with E-state index in [9.17, 15) is 0 Å². The van der Waals surface area contributed by atoms with E-state index >= 15 is 0 Å². The van der Waals surface area contributed by atoms with Crippen molar-refractivity contribution in [2.24, 2.45) is 5.73 Å². The fourth-order valence-electron chi connectivity index (χ4n) is 2.26. The Labute approximate surface area is 92.0 Å². The standard InChI is InChI=1S/C14H19N/c15-11-5-9-13-8-3-4-10-14(13)12-6-1-2-7-12/h3-4,6,8,10H,1-2,5,7,9,11,15H2. The molecule has 2 N–H and O–H groups in total. The normalized spacial score (nSPS) is 15.4. The van der Waals surface area contributed by atoms with Crippen molar-refractivity contribution >= 4 is 5.57 Å². The SMILES string of the molecule is NCCCc1ccccc1C1=CCCC1. The van der Waals surface area contributed by atoms with Crippen LogP contribution in [0.3, 0.4) is 0 Å². The van der Waals surface area contributed by atoms with Gasteiger partial charge >= 0.3 is 0 Å². The van der Waals surface area contributed by atoms with Gasteiger partial charge in [-0.05, 0) is 55.3 Å². The van der Waals surface area contributed by atoms with E-state index < -0.39 is 0 Å². The Bertz CT molecular complexity index is 352. The summed E-state index contributed by atoms with van der Waals surface area (Å²) in [6.45, 7) is 0.785. The average Bonchev–Trinajstić information content (AvgIpc) is 2.80. The maximum Gasteiger partial charge on any atom is -0.00741 e. The Morgan fingerprint density at radius 3 is 2.80 bits per heavy atom.